The van der Waals surface area contributed by atoms with E-state index < -0.39 is 0 Å². The molecule has 18 heavy (non-hydrogen) atoms. The van der Waals surface area contributed by atoms with Crippen LogP contribution in [0.15, 0.2) is 12.5 Å². The lowest BCUT2D eigenvalue weighted by molar-refractivity contribution is 0.241. The third-order valence-electron chi connectivity index (χ3n) is 4.26. The Morgan fingerprint density at radius 3 is 3.11 bits per heavy atom. The van der Waals surface area contributed by atoms with Crippen LogP contribution in [0.3, 0.4) is 0 Å². The second-order valence-electron chi connectivity index (χ2n) is 5.44. The summed E-state index contributed by atoms with van der Waals surface area (Å²) in [5.74, 6) is 0.654. The van der Waals surface area contributed by atoms with Crippen molar-refractivity contribution in [2.75, 3.05) is 26.7 Å². The van der Waals surface area contributed by atoms with Gasteiger partial charge < -0.3 is 14.8 Å². The third-order valence-corrected chi connectivity index (χ3v) is 4.26. The van der Waals surface area contributed by atoms with Gasteiger partial charge in [0.25, 0.3) is 0 Å². The van der Waals surface area contributed by atoms with E-state index in [-0.39, 0.29) is 0 Å². The first-order valence-corrected chi connectivity index (χ1v) is 7.13. The molecule has 102 valence electrons. The lowest BCUT2D eigenvalue weighted by Crippen LogP contribution is -2.31. The summed E-state index contributed by atoms with van der Waals surface area (Å²) in [6.07, 6.45) is 6.48. The Bertz CT molecular complexity index is 354. The van der Waals surface area contributed by atoms with E-state index in [9.17, 15) is 0 Å². The van der Waals surface area contributed by atoms with Crippen molar-refractivity contribution in [1.82, 2.24) is 19.8 Å². The maximum atomic E-state index is 4.33. The Morgan fingerprint density at radius 1 is 1.61 bits per heavy atom. The predicted molar refractivity (Wildman–Crippen MR) is 74.8 cm³/mol. The second kappa shape index (κ2) is 6.34. The molecule has 1 aromatic rings. The maximum absolute atomic E-state index is 4.33. The second-order valence-corrected chi connectivity index (χ2v) is 5.44. The fourth-order valence-electron chi connectivity index (χ4n) is 2.56. The van der Waals surface area contributed by atoms with E-state index in [0.29, 0.717) is 12.0 Å². The molecule has 0 spiro atoms. The predicted octanol–water partition coefficient (Wildman–Crippen LogP) is 1.69. The molecule has 4 heteroatoms. The Labute approximate surface area is 110 Å². The van der Waals surface area contributed by atoms with Crippen LogP contribution in [0.2, 0.25) is 0 Å². The molecule has 1 N–H and O–H groups in total. The Balaban J connectivity index is 1.91. The Kier molecular flexibility index (Phi) is 4.78. The van der Waals surface area contributed by atoms with E-state index in [1.165, 1.54) is 18.5 Å². The molecular formula is C14H26N4. The van der Waals surface area contributed by atoms with Gasteiger partial charge in [0.1, 0.15) is 0 Å². The number of nitrogens with one attached hydrogen (secondary N) is 1. The van der Waals surface area contributed by atoms with Crippen molar-refractivity contribution in [2.45, 2.75) is 45.2 Å². The average molecular weight is 250 g/mol. The van der Waals surface area contributed by atoms with Crippen molar-refractivity contribution >= 4 is 0 Å². The van der Waals surface area contributed by atoms with Gasteiger partial charge in [-0.25, -0.2) is 4.98 Å². The van der Waals surface area contributed by atoms with Crippen molar-refractivity contribution in [3.63, 3.8) is 0 Å². The number of hydrogen-bond donors (Lipinski definition) is 1. The standard InChI is InChI=1S/C14H26N4/c1-4-12(2)17(3)7-8-18-11-16-10-14(18)13-5-6-15-9-13/h10-13,15H,4-9H2,1-3H3. The molecule has 2 heterocycles. The van der Waals surface area contributed by atoms with Crippen LogP contribution in [-0.2, 0) is 6.54 Å². The molecule has 0 saturated carbocycles. The van der Waals surface area contributed by atoms with E-state index in [4.69, 9.17) is 0 Å². The Morgan fingerprint density at radius 2 is 2.44 bits per heavy atom. The Hall–Kier alpha value is -0.870. The number of likely N-dealkylation sites (N-methyl/N-ethyl adjacent to an activating group) is 1. The van der Waals surface area contributed by atoms with Gasteiger partial charge in [0.05, 0.1) is 6.33 Å². The molecule has 2 unspecified atom stereocenters. The molecule has 1 aliphatic heterocycles. The first kappa shape index (κ1) is 13.6. The quantitative estimate of drug-likeness (QED) is 0.834. The molecule has 0 aromatic carbocycles. The van der Waals surface area contributed by atoms with Gasteiger partial charge in [-0.2, -0.15) is 0 Å². The van der Waals surface area contributed by atoms with Crippen LogP contribution in [0.25, 0.3) is 0 Å². The van der Waals surface area contributed by atoms with E-state index in [0.717, 1.165) is 26.2 Å². The van der Waals surface area contributed by atoms with Crippen LogP contribution in [0.5, 0.6) is 0 Å². The maximum Gasteiger partial charge on any atom is 0.0948 e. The zero-order chi connectivity index (χ0) is 13.0. The fourth-order valence-corrected chi connectivity index (χ4v) is 2.56. The monoisotopic (exact) mass is 250 g/mol. The number of rotatable bonds is 6. The summed E-state index contributed by atoms with van der Waals surface area (Å²) in [4.78, 5) is 6.75. The molecule has 2 atom stereocenters. The fraction of sp³-hybridized carbons (Fsp3) is 0.786. The number of imidazole rings is 1. The van der Waals surface area contributed by atoms with Crippen LogP contribution >= 0.6 is 0 Å². The van der Waals surface area contributed by atoms with E-state index >= 15 is 0 Å². The summed E-state index contributed by atoms with van der Waals surface area (Å²) in [6.45, 7) is 8.92. The van der Waals surface area contributed by atoms with Gasteiger partial charge in [-0.15, -0.1) is 0 Å². The van der Waals surface area contributed by atoms with Crippen molar-refractivity contribution < 1.29 is 0 Å². The SMILES string of the molecule is CCC(C)N(C)CCn1cncc1C1CCNC1. The normalized spacial score (nSPS) is 21.7. The van der Waals surface area contributed by atoms with Gasteiger partial charge in [0.2, 0.25) is 0 Å². The third kappa shape index (κ3) is 3.12. The minimum atomic E-state index is 0.654. The minimum absolute atomic E-state index is 0.654. The summed E-state index contributed by atoms with van der Waals surface area (Å²) in [5.41, 5.74) is 1.40. The van der Waals surface area contributed by atoms with Gasteiger partial charge in [-0.3, -0.25) is 0 Å². The zero-order valence-electron chi connectivity index (χ0n) is 11.9. The number of hydrogen-bond acceptors (Lipinski definition) is 3. The van der Waals surface area contributed by atoms with Crippen LogP contribution in [-0.4, -0.2) is 47.2 Å². The first-order valence-electron chi connectivity index (χ1n) is 7.13. The lowest BCUT2D eigenvalue weighted by atomic mass is 10.1. The highest BCUT2D eigenvalue weighted by Crippen LogP contribution is 2.21. The zero-order valence-corrected chi connectivity index (χ0v) is 11.9. The highest BCUT2D eigenvalue weighted by molar-refractivity contribution is 5.09. The molecular weight excluding hydrogens is 224 g/mol. The minimum Gasteiger partial charge on any atom is -0.333 e. The van der Waals surface area contributed by atoms with E-state index in [1.54, 1.807) is 0 Å². The van der Waals surface area contributed by atoms with Crippen LogP contribution in [0.1, 0.15) is 38.3 Å². The lowest BCUT2D eigenvalue weighted by Gasteiger charge is -2.24. The highest BCUT2D eigenvalue weighted by Gasteiger charge is 2.20. The molecule has 1 aliphatic rings. The van der Waals surface area contributed by atoms with Crippen molar-refractivity contribution in [3.05, 3.63) is 18.2 Å². The van der Waals surface area contributed by atoms with E-state index in [2.05, 4.69) is 40.7 Å². The van der Waals surface area contributed by atoms with Crippen molar-refractivity contribution in [3.8, 4) is 0 Å². The molecule has 0 aliphatic carbocycles. The van der Waals surface area contributed by atoms with Gasteiger partial charge >= 0.3 is 0 Å². The highest BCUT2D eigenvalue weighted by atomic mass is 15.2. The van der Waals surface area contributed by atoms with Crippen LogP contribution in [0, 0.1) is 0 Å². The summed E-state index contributed by atoms with van der Waals surface area (Å²) in [6, 6.07) is 0.658. The molecule has 1 aromatic heterocycles. The van der Waals surface area contributed by atoms with Crippen molar-refractivity contribution in [2.24, 2.45) is 0 Å². The topological polar surface area (TPSA) is 33.1 Å². The van der Waals surface area contributed by atoms with Crippen molar-refractivity contribution in [1.29, 1.82) is 0 Å². The van der Waals surface area contributed by atoms with Gasteiger partial charge in [-0.1, -0.05) is 6.92 Å². The molecule has 4 nitrogen and oxygen atoms in total. The molecule has 0 radical (unpaired) electrons. The molecule has 1 saturated heterocycles. The molecule has 2 rings (SSSR count). The summed E-state index contributed by atoms with van der Waals surface area (Å²) in [7, 11) is 2.21. The smallest absolute Gasteiger partial charge is 0.0948 e. The van der Waals surface area contributed by atoms with E-state index in [1.807, 2.05) is 12.5 Å². The van der Waals surface area contributed by atoms with Gasteiger partial charge in [0.15, 0.2) is 0 Å². The van der Waals surface area contributed by atoms with Crippen LogP contribution in [0.4, 0.5) is 0 Å². The molecule has 0 amide bonds. The summed E-state index contributed by atoms with van der Waals surface area (Å²) >= 11 is 0. The first-order chi connectivity index (χ1) is 8.72. The molecule has 0 bridgehead atoms. The molecule has 1 fully saturated rings. The summed E-state index contributed by atoms with van der Waals surface area (Å²) in [5, 5.41) is 3.43. The largest absolute Gasteiger partial charge is 0.333 e. The van der Waals surface area contributed by atoms with Crippen LogP contribution < -0.4 is 5.32 Å². The number of aromatic nitrogens is 2. The average Bonchev–Trinajstić information content (AvgIpc) is 3.04. The van der Waals surface area contributed by atoms with Gasteiger partial charge in [0, 0.05) is 43.5 Å². The number of nitrogens with zero attached hydrogens (tertiary/aromatic N) is 3. The summed E-state index contributed by atoms with van der Waals surface area (Å²) < 4.78 is 2.33. The van der Waals surface area contributed by atoms with Gasteiger partial charge in [-0.05, 0) is 33.4 Å².